The molecule has 0 aromatic heterocycles. The van der Waals surface area contributed by atoms with Crippen molar-refractivity contribution >= 4 is 29.3 Å². The fourth-order valence-electron chi connectivity index (χ4n) is 1.93. The van der Waals surface area contributed by atoms with Crippen molar-refractivity contribution in [2.75, 3.05) is 0 Å². The molecule has 0 atom stereocenters. The van der Waals surface area contributed by atoms with E-state index < -0.39 is 0 Å². The van der Waals surface area contributed by atoms with Crippen molar-refractivity contribution in [2.24, 2.45) is 0 Å². The van der Waals surface area contributed by atoms with E-state index in [-0.39, 0.29) is 16.8 Å². The lowest BCUT2D eigenvalue weighted by Crippen LogP contribution is -2.45. The molecule has 0 saturated heterocycles. The molecule has 6 heteroatoms. The van der Waals surface area contributed by atoms with Crippen LogP contribution in [0.3, 0.4) is 0 Å². The summed E-state index contributed by atoms with van der Waals surface area (Å²) in [6.45, 7) is 2.41. The summed E-state index contributed by atoms with van der Waals surface area (Å²) in [5, 5.41) is 3.19. The summed E-state index contributed by atoms with van der Waals surface area (Å²) >= 11 is 5.06. The molecule has 2 aromatic rings. The van der Waals surface area contributed by atoms with E-state index in [1.807, 2.05) is 31.2 Å². The summed E-state index contributed by atoms with van der Waals surface area (Å²) in [5.74, 6) is -0.601. The van der Waals surface area contributed by atoms with Gasteiger partial charge in [-0.05, 0) is 54.0 Å². The minimum absolute atomic E-state index is 0.275. The molecular formula is C18H18FN3OS. The summed E-state index contributed by atoms with van der Waals surface area (Å²) in [7, 11) is 0. The second kappa shape index (κ2) is 8.79. The third-order valence-corrected chi connectivity index (χ3v) is 3.51. The Kier molecular flexibility index (Phi) is 6.45. The maximum atomic E-state index is 12.8. The van der Waals surface area contributed by atoms with Crippen LogP contribution in [0.25, 0.3) is 6.08 Å². The van der Waals surface area contributed by atoms with Crippen LogP contribution < -0.4 is 16.2 Å². The molecule has 1 amide bonds. The fraction of sp³-hybridized carbons (Fsp3) is 0.111. The Morgan fingerprint density at radius 2 is 1.83 bits per heavy atom. The smallest absolute Gasteiger partial charge is 0.262 e. The van der Waals surface area contributed by atoms with Gasteiger partial charge in [-0.2, -0.15) is 0 Å². The third-order valence-electron chi connectivity index (χ3n) is 3.27. The number of thiocarbonyl (C=S) groups is 1. The van der Waals surface area contributed by atoms with Crippen LogP contribution in [0.4, 0.5) is 4.39 Å². The van der Waals surface area contributed by atoms with Crippen molar-refractivity contribution in [3.63, 3.8) is 0 Å². The highest BCUT2D eigenvalue weighted by molar-refractivity contribution is 7.80. The highest BCUT2D eigenvalue weighted by atomic mass is 32.1. The highest BCUT2D eigenvalue weighted by Gasteiger charge is 2.00. The van der Waals surface area contributed by atoms with Crippen molar-refractivity contribution in [2.45, 2.75) is 13.5 Å². The minimum atomic E-state index is -0.316. The van der Waals surface area contributed by atoms with Crippen LogP contribution in [0.2, 0.25) is 0 Å². The van der Waals surface area contributed by atoms with Crippen molar-refractivity contribution in [3.8, 4) is 0 Å². The number of hydrazine groups is 1. The van der Waals surface area contributed by atoms with Crippen LogP contribution in [0.15, 0.2) is 54.6 Å². The summed E-state index contributed by atoms with van der Waals surface area (Å²) in [5.41, 5.74) is 8.03. The number of benzene rings is 2. The Labute approximate surface area is 145 Å². The molecule has 2 aromatic carbocycles. The van der Waals surface area contributed by atoms with E-state index in [0.29, 0.717) is 6.54 Å². The van der Waals surface area contributed by atoms with Crippen LogP contribution >= 0.6 is 12.2 Å². The van der Waals surface area contributed by atoms with Gasteiger partial charge in [-0.1, -0.05) is 36.4 Å². The lowest BCUT2D eigenvalue weighted by Gasteiger charge is -2.10. The monoisotopic (exact) mass is 343 g/mol. The number of nitrogens with one attached hydrogen (secondary N) is 3. The lowest BCUT2D eigenvalue weighted by atomic mass is 10.1. The molecule has 0 spiro atoms. The first-order valence-electron chi connectivity index (χ1n) is 7.36. The molecule has 0 bridgehead atoms. The van der Waals surface area contributed by atoms with Gasteiger partial charge in [0.1, 0.15) is 5.82 Å². The van der Waals surface area contributed by atoms with E-state index in [9.17, 15) is 9.18 Å². The minimum Gasteiger partial charge on any atom is -0.357 e. The largest absolute Gasteiger partial charge is 0.357 e. The molecule has 24 heavy (non-hydrogen) atoms. The topological polar surface area (TPSA) is 53.2 Å². The zero-order valence-electron chi connectivity index (χ0n) is 13.2. The Morgan fingerprint density at radius 3 is 2.54 bits per heavy atom. The van der Waals surface area contributed by atoms with Crippen molar-refractivity contribution in [1.29, 1.82) is 0 Å². The van der Waals surface area contributed by atoms with Gasteiger partial charge in [-0.15, -0.1) is 0 Å². The molecule has 2 rings (SSSR count). The molecule has 0 aliphatic heterocycles. The Balaban J connectivity index is 1.74. The van der Waals surface area contributed by atoms with Crippen LogP contribution in [-0.2, 0) is 11.3 Å². The van der Waals surface area contributed by atoms with E-state index in [1.54, 1.807) is 18.2 Å². The quantitative estimate of drug-likeness (QED) is 0.454. The van der Waals surface area contributed by atoms with Crippen LogP contribution in [0, 0.1) is 12.7 Å². The second-order valence-electron chi connectivity index (χ2n) is 5.11. The van der Waals surface area contributed by atoms with Gasteiger partial charge in [0.2, 0.25) is 0 Å². The van der Waals surface area contributed by atoms with Gasteiger partial charge < -0.3 is 5.32 Å². The first-order valence-corrected chi connectivity index (χ1v) is 7.77. The number of carbonyl (C=O) groups excluding carboxylic acids is 1. The van der Waals surface area contributed by atoms with Crippen molar-refractivity contribution < 1.29 is 9.18 Å². The number of rotatable bonds is 4. The molecule has 0 aliphatic carbocycles. The molecule has 0 fully saturated rings. The van der Waals surface area contributed by atoms with E-state index in [4.69, 9.17) is 12.2 Å². The summed E-state index contributed by atoms with van der Waals surface area (Å²) in [6.07, 6.45) is 3.17. The van der Waals surface area contributed by atoms with E-state index in [0.717, 1.165) is 16.7 Å². The average molecular weight is 343 g/mol. The third kappa shape index (κ3) is 5.81. The maximum absolute atomic E-state index is 12.8. The molecule has 4 nitrogen and oxygen atoms in total. The van der Waals surface area contributed by atoms with Gasteiger partial charge in [0, 0.05) is 12.6 Å². The molecule has 0 saturated carbocycles. The molecule has 0 unspecified atom stereocenters. The van der Waals surface area contributed by atoms with Crippen LogP contribution in [0.1, 0.15) is 16.7 Å². The summed E-state index contributed by atoms with van der Waals surface area (Å²) < 4.78 is 12.8. The van der Waals surface area contributed by atoms with Gasteiger partial charge in [0.25, 0.3) is 5.91 Å². The van der Waals surface area contributed by atoms with Crippen LogP contribution in [-0.4, -0.2) is 11.0 Å². The Hall–Kier alpha value is -2.73. The van der Waals surface area contributed by atoms with Crippen molar-refractivity contribution in [3.05, 3.63) is 77.1 Å². The van der Waals surface area contributed by atoms with Gasteiger partial charge in [-0.25, -0.2) is 4.39 Å². The molecule has 0 radical (unpaired) electrons. The normalized spacial score (nSPS) is 10.4. The molecule has 0 aliphatic rings. The first-order chi connectivity index (χ1) is 11.5. The van der Waals surface area contributed by atoms with Gasteiger partial charge >= 0.3 is 0 Å². The SMILES string of the molecule is Cc1ccccc1/C=C/C(=O)NNC(=S)NCc1ccc(F)cc1. The fourth-order valence-corrected chi connectivity index (χ4v) is 2.05. The molecular weight excluding hydrogens is 325 g/mol. The average Bonchev–Trinajstić information content (AvgIpc) is 2.58. The Bertz CT molecular complexity index is 744. The van der Waals surface area contributed by atoms with E-state index in [2.05, 4.69) is 16.2 Å². The van der Waals surface area contributed by atoms with E-state index >= 15 is 0 Å². The number of amides is 1. The van der Waals surface area contributed by atoms with Gasteiger partial charge in [-0.3, -0.25) is 15.6 Å². The number of carbonyl (C=O) groups is 1. The predicted molar refractivity (Wildman–Crippen MR) is 97.3 cm³/mol. The number of hydrogen-bond donors (Lipinski definition) is 3. The first kappa shape index (κ1) is 17.6. The predicted octanol–water partition coefficient (Wildman–Crippen LogP) is 2.84. The number of aryl methyl sites for hydroxylation is 1. The standard InChI is InChI=1S/C18H18FN3OS/c1-13-4-2-3-5-15(13)8-11-17(23)21-22-18(24)20-12-14-6-9-16(19)10-7-14/h2-11H,12H2,1H3,(H,21,23)(H2,20,22,24)/b11-8+. The zero-order valence-corrected chi connectivity index (χ0v) is 14.0. The highest BCUT2D eigenvalue weighted by Crippen LogP contribution is 2.08. The molecule has 124 valence electrons. The van der Waals surface area contributed by atoms with Gasteiger partial charge in [0.05, 0.1) is 0 Å². The van der Waals surface area contributed by atoms with Gasteiger partial charge in [0.15, 0.2) is 5.11 Å². The summed E-state index contributed by atoms with van der Waals surface area (Å²) in [6, 6.07) is 13.8. The number of halogens is 1. The summed E-state index contributed by atoms with van der Waals surface area (Å²) in [4.78, 5) is 11.8. The Morgan fingerprint density at radius 1 is 1.12 bits per heavy atom. The zero-order chi connectivity index (χ0) is 17.4. The van der Waals surface area contributed by atoms with Crippen LogP contribution in [0.5, 0.6) is 0 Å². The molecule has 0 heterocycles. The maximum Gasteiger partial charge on any atom is 0.262 e. The van der Waals surface area contributed by atoms with Crippen molar-refractivity contribution in [1.82, 2.24) is 16.2 Å². The molecule has 3 N–H and O–H groups in total. The van der Waals surface area contributed by atoms with E-state index in [1.165, 1.54) is 18.2 Å². The second-order valence-corrected chi connectivity index (χ2v) is 5.52. The number of hydrogen-bond acceptors (Lipinski definition) is 2. The lowest BCUT2D eigenvalue weighted by molar-refractivity contribution is -0.116.